The van der Waals surface area contributed by atoms with Crippen LogP contribution in [-0.2, 0) is 0 Å². The van der Waals surface area contributed by atoms with Crippen LogP contribution in [0.15, 0.2) is 24.5 Å². The number of benzene rings is 1. The van der Waals surface area contributed by atoms with Gasteiger partial charge in [-0.25, -0.2) is 4.68 Å². The van der Waals surface area contributed by atoms with Gasteiger partial charge in [0.25, 0.3) is 0 Å². The van der Waals surface area contributed by atoms with Crippen molar-refractivity contribution in [2.75, 3.05) is 0 Å². The molecule has 1 aromatic heterocycles. The molecule has 0 atom stereocenters. The number of carbonyl (C=O) groups is 1. The third-order valence-corrected chi connectivity index (χ3v) is 2.43. The second kappa shape index (κ2) is 4.22. The molecule has 1 heterocycles. The number of hydrogen-bond acceptors (Lipinski definition) is 4. The number of tetrazole rings is 1. The van der Waals surface area contributed by atoms with Crippen LogP contribution in [0.2, 0.25) is 0 Å². The smallest absolute Gasteiger partial charge is 0.150 e. The van der Waals surface area contributed by atoms with Gasteiger partial charge in [-0.3, -0.25) is 4.79 Å². The summed E-state index contributed by atoms with van der Waals surface area (Å²) in [6.45, 7) is 4.11. The SMILES string of the molecule is CC(C)c1ccc(-n2cnnn2)cc1C=O. The van der Waals surface area contributed by atoms with Gasteiger partial charge in [-0.15, -0.1) is 5.10 Å². The molecular formula is C11H12N4O. The number of rotatable bonds is 3. The lowest BCUT2D eigenvalue weighted by molar-refractivity contribution is 0.112. The Kier molecular flexibility index (Phi) is 2.76. The predicted molar refractivity (Wildman–Crippen MR) is 58.6 cm³/mol. The van der Waals surface area contributed by atoms with Gasteiger partial charge in [0.2, 0.25) is 0 Å². The molecule has 2 aromatic rings. The van der Waals surface area contributed by atoms with E-state index < -0.39 is 0 Å². The number of carbonyl (C=O) groups excluding carboxylic acids is 1. The van der Waals surface area contributed by atoms with Crippen LogP contribution >= 0.6 is 0 Å². The van der Waals surface area contributed by atoms with Crippen molar-refractivity contribution in [2.45, 2.75) is 19.8 Å². The highest BCUT2D eigenvalue weighted by Crippen LogP contribution is 2.20. The summed E-state index contributed by atoms with van der Waals surface area (Å²) < 4.78 is 1.52. The summed E-state index contributed by atoms with van der Waals surface area (Å²) in [5, 5.41) is 10.9. The Morgan fingerprint density at radius 3 is 2.75 bits per heavy atom. The van der Waals surface area contributed by atoms with Gasteiger partial charge in [0, 0.05) is 5.56 Å². The van der Waals surface area contributed by atoms with Crippen molar-refractivity contribution in [2.24, 2.45) is 0 Å². The van der Waals surface area contributed by atoms with Crippen LogP contribution in [0.5, 0.6) is 0 Å². The average Bonchev–Trinajstić information content (AvgIpc) is 2.81. The summed E-state index contributed by atoms with van der Waals surface area (Å²) in [7, 11) is 0. The number of nitrogens with zero attached hydrogens (tertiary/aromatic N) is 4. The summed E-state index contributed by atoms with van der Waals surface area (Å²) in [5.41, 5.74) is 2.51. The summed E-state index contributed by atoms with van der Waals surface area (Å²) in [6, 6.07) is 5.63. The lowest BCUT2D eigenvalue weighted by atomic mass is 9.97. The minimum Gasteiger partial charge on any atom is -0.298 e. The molecule has 0 fully saturated rings. The Morgan fingerprint density at radius 1 is 1.38 bits per heavy atom. The van der Waals surface area contributed by atoms with Crippen LogP contribution in [0.1, 0.15) is 35.7 Å². The lowest BCUT2D eigenvalue weighted by Crippen LogP contribution is -2.00. The van der Waals surface area contributed by atoms with Crippen LogP contribution in [0.25, 0.3) is 5.69 Å². The highest BCUT2D eigenvalue weighted by atomic mass is 16.1. The minimum atomic E-state index is 0.322. The van der Waals surface area contributed by atoms with Crippen molar-refractivity contribution < 1.29 is 4.79 Å². The molecule has 0 amide bonds. The van der Waals surface area contributed by atoms with Crippen LogP contribution in [-0.4, -0.2) is 26.5 Å². The van der Waals surface area contributed by atoms with Gasteiger partial charge in [-0.2, -0.15) is 0 Å². The van der Waals surface area contributed by atoms with Gasteiger partial charge >= 0.3 is 0 Å². The highest BCUT2D eigenvalue weighted by Gasteiger charge is 2.08. The Balaban J connectivity index is 2.49. The fourth-order valence-electron chi connectivity index (χ4n) is 1.61. The van der Waals surface area contributed by atoms with Crippen LogP contribution in [0.4, 0.5) is 0 Å². The van der Waals surface area contributed by atoms with E-state index in [-0.39, 0.29) is 0 Å². The van der Waals surface area contributed by atoms with E-state index in [1.54, 1.807) is 6.07 Å². The maximum atomic E-state index is 11.0. The zero-order chi connectivity index (χ0) is 11.5. The second-order valence-electron chi connectivity index (χ2n) is 3.84. The van der Waals surface area contributed by atoms with Gasteiger partial charge in [-0.1, -0.05) is 19.9 Å². The second-order valence-corrected chi connectivity index (χ2v) is 3.84. The molecule has 0 saturated heterocycles. The first kappa shape index (κ1) is 10.5. The third kappa shape index (κ3) is 1.84. The summed E-state index contributed by atoms with van der Waals surface area (Å²) in [5.74, 6) is 0.322. The first-order valence-electron chi connectivity index (χ1n) is 5.05. The molecule has 0 aliphatic carbocycles. The molecule has 16 heavy (non-hydrogen) atoms. The summed E-state index contributed by atoms with van der Waals surface area (Å²) in [6.07, 6.45) is 2.36. The quantitative estimate of drug-likeness (QED) is 0.731. The van der Waals surface area contributed by atoms with E-state index in [2.05, 4.69) is 29.4 Å². The maximum Gasteiger partial charge on any atom is 0.150 e. The monoisotopic (exact) mass is 216 g/mol. The van der Waals surface area contributed by atoms with Gasteiger partial charge in [-0.05, 0) is 34.0 Å². The Morgan fingerprint density at radius 2 is 2.19 bits per heavy atom. The van der Waals surface area contributed by atoms with E-state index in [1.165, 1.54) is 11.0 Å². The summed E-state index contributed by atoms with van der Waals surface area (Å²) in [4.78, 5) is 11.0. The fraction of sp³-hybridized carbons (Fsp3) is 0.273. The molecule has 0 aliphatic heterocycles. The van der Waals surface area contributed by atoms with Crippen LogP contribution in [0.3, 0.4) is 0 Å². The Hall–Kier alpha value is -2.04. The lowest BCUT2D eigenvalue weighted by Gasteiger charge is -2.09. The van der Waals surface area contributed by atoms with E-state index in [9.17, 15) is 4.79 Å². The topological polar surface area (TPSA) is 60.7 Å². The Labute approximate surface area is 93.1 Å². The standard InChI is InChI=1S/C11H12N4O/c1-8(2)11-4-3-10(5-9(11)6-16)15-7-12-13-14-15/h3-8H,1-2H3. The van der Waals surface area contributed by atoms with Crippen LogP contribution < -0.4 is 0 Å². The highest BCUT2D eigenvalue weighted by molar-refractivity contribution is 5.78. The van der Waals surface area contributed by atoms with Crippen molar-refractivity contribution in [3.8, 4) is 5.69 Å². The molecular weight excluding hydrogens is 204 g/mol. The molecule has 5 nitrogen and oxygen atoms in total. The fourth-order valence-corrected chi connectivity index (χ4v) is 1.61. The molecule has 0 bridgehead atoms. The van der Waals surface area contributed by atoms with Crippen molar-refractivity contribution in [1.82, 2.24) is 20.2 Å². The van der Waals surface area contributed by atoms with E-state index in [1.807, 2.05) is 12.1 Å². The van der Waals surface area contributed by atoms with Gasteiger partial charge < -0.3 is 0 Å². The normalized spacial score (nSPS) is 10.7. The number of aromatic nitrogens is 4. The molecule has 2 rings (SSSR count). The van der Waals surface area contributed by atoms with E-state index in [0.29, 0.717) is 11.5 Å². The van der Waals surface area contributed by atoms with Crippen LogP contribution in [0, 0.1) is 0 Å². The molecule has 82 valence electrons. The average molecular weight is 216 g/mol. The van der Waals surface area contributed by atoms with Crippen molar-refractivity contribution >= 4 is 6.29 Å². The molecule has 0 unspecified atom stereocenters. The molecule has 5 heteroatoms. The number of aldehydes is 1. The first-order chi connectivity index (χ1) is 7.72. The van der Waals surface area contributed by atoms with Crippen molar-refractivity contribution in [1.29, 1.82) is 0 Å². The van der Waals surface area contributed by atoms with Gasteiger partial charge in [0.05, 0.1) is 5.69 Å². The maximum absolute atomic E-state index is 11.0. The number of hydrogen-bond donors (Lipinski definition) is 0. The predicted octanol–water partition coefficient (Wildman–Crippen LogP) is 1.60. The van der Waals surface area contributed by atoms with Crippen molar-refractivity contribution in [3.63, 3.8) is 0 Å². The van der Waals surface area contributed by atoms with E-state index >= 15 is 0 Å². The first-order valence-corrected chi connectivity index (χ1v) is 5.05. The van der Waals surface area contributed by atoms with Crippen molar-refractivity contribution in [3.05, 3.63) is 35.7 Å². The van der Waals surface area contributed by atoms with E-state index in [0.717, 1.165) is 17.5 Å². The molecule has 0 radical (unpaired) electrons. The molecule has 0 aliphatic rings. The largest absolute Gasteiger partial charge is 0.298 e. The minimum absolute atomic E-state index is 0.322. The van der Waals surface area contributed by atoms with E-state index in [4.69, 9.17) is 0 Å². The zero-order valence-electron chi connectivity index (χ0n) is 9.16. The Bertz CT molecular complexity index is 491. The molecule has 0 spiro atoms. The zero-order valence-corrected chi connectivity index (χ0v) is 9.16. The van der Waals surface area contributed by atoms with Gasteiger partial charge in [0.15, 0.2) is 0 Å². The molecule has 0 saturated carbocycles. The van der Waals surface area contributed by atoms with Gasteiger partial charge in [0.1, 0.15) is 12.6 Å². The third-order valence-electron chi connectivity index (χ3n) is 2.43. The molecule has 1 aromatic carbocycles. The summed E-state index contributed by atoms with van der Waals surface area (Å²) >= 11 is 0. The molecule has 0 N–H and O–H groups in total.